The highest BCUT2D eigenvalue weighted by atomic mass is 16.4. The highest BCUT2D eigenvalue weighted by Crippen LogP contribution is 2.19. The Morgan fingerprint density at radius 2 is 2.25 bits per heavy atom. The maximum atomic E-state index is 10.2. The third-order valence-electron chi connectivity index (χ3n) is 2.37. The van der Waals surface area contributed by atoms with Crippen LogP contribution in [-0.4, -0.2) is 35.6 Å². The first kappa shape index (κ1) is 9.52. The minimum atomic E-state index is -0.686. The van der Waals surface area contributed by atoms with Crippen molar-refractivity contribution in [3.8, 4) is 0 Å². The van der Waals surface area contributed by atoms with Gasteiger partial charge in [-0.05, 0) is 12.3 Å². The van der Waals surface area contributed by atoms with Crippen molar-refractivity contribution in [2.24, 2.45) is 5.92 Å². The van der Waals surface area contributed by atoms with Crippen molar-refractivity contribution >= 4 is 5.97 Å². The van der Waals surface area contributed by atoms with Crippen molar-refractivity contribution in [1.82, 2.24) is 4.90 Å². The first-order valence-corrected chi connectivity index (χ1v) is 4.66. The molecule has 0 unspecified atom stereocenters. The van der Waals surface area contributed by atoms with Crippen LogP contribution in [0.1, 0.15) is 26.2 Å². The summed E-state index contributed by atoms with van der Waals surface area (Å²) in [5, 5.41) is 8.42. The summed E-state index contributed by atoms with van der Waals surface area (Å²) in [7, 11) is 0. The Morgan fingerprint density at radius 3 is 2.75 bits per heavy atom. The number of likely N-dealkylation sites (tertiary alicyclic amines) is 1. The Labute approximate surface area is 73.4 Å². The molecule has 1 saturated heterocycles. The monoisotopic (exact) mass is 171 g/mol. The zero-order valence-corrected chi connectivity index (χ0v) is 7.62. The molecule has 0 spiro atoms. The quantitative estimate of drug-likeness (QED) is 0.675. The Bertz CT molecular complexity index is 153. The van der Waals surface area contributed by atoms with Gasteiger partial charge in [-0.3, -0.25) is 4.79 Å². The molecule has 1 aliphatic heterocycles. The van der Waals surface area contributed by atoms with Gasteiger partial charge >= 0.3 is 5.97 Å². The maximum Gasteiger partial charge on any atom is 0.304 e. The van der Waals surface area contributed by atoms with Gasteiger partial charge in [0.25, 0.3) is 0 Å². The summed E-state index contributed by atoms with van der Waals surface area (Å²) in [6, 6.07) is 0. The third kappa shape index (κ3) is 2.81. The lowest BCUT2D eigenvalue weighted by molar-refractivity contribution is -0.137. The van der Waals surface area contributed by atoms with E-state index in [4.69, 9.17) is 5.11 Å². The van der Waals surface area contributed by atoms with Crippen molar-refractivity contribution in [2.75, 3.05) is 19.6 Å². The smallest absolute Gasteiger partial charge is 0.304 e. The number of nitrogens with zero attached hydrogens (tertiary/aromatic N) is 1. The average Bonchev–Trinajstić information content (AvgIpc) is 1.93. The SMILES string of the molecule is CCCC1CN(CCC(=O)O)C1. The number of carboxylic acid groups (broad SMARTS) is 1. The molecule has 12 heavy (non-hydrogen) atoms. The van der Waals surface area contributed by atoms with Crippen LogP contribution in [0.15, 0.2) is 0 Å². The number of carbonyl (C=O) groups is 1. The van der Waals surface area contributed by atoms with Gasteiger partial charge in [0.05, 0.1) is 6.42 Å². The van der Waals surface area contributed by atoms with E-state index in [0.29, 0.717) is 6.42 Å². The summed E-state index contributed by atoms with van der Waals surface area (Å²) in [5.74, 6) is 0.151. The molecule has 0 atom stereocenters. The van der Waals surface area contributed by atoms with Gasteiger partial charge in [0.1, 0.15) is 0 Å². The molecule has 1 N–H and O–H groups in total. The van der Waals surface area contributed by atoms with Crippen molar-refractivity contribution in [3.63, 3.8) is 0 Å². The van der Waals surface area contributed by atoms with Crippen LogP contribution < -0.4 is 0 Å². The van der Waals surface area contributed by atoms with Gasteiger partial charge in [-0.2, -0.15) is 0 Å². The second-order valence-corrected chi connectivity index (χ2v) is 3.56. The molecule has 1 heterocycles. The Morgan fingerprint density at radius 1 is 1.58 bits per heavy atom. The van der Waals surface area contributed by atoms with E-state index in [1.165, 1.54) is 12.8 Å². The molecule has 3 nitrogen and oxygen atoms in total. The number of aliphatic carboxylic acids is 1. The van der Waals surface area contributed by atoms with Crippen LogP contribution in [0.2, 0.25) is 0 Å². The molecule has 1 aliphatic rings. The van der Waals surface area contributed by atoms with E-state index < -0.39 is 5.97 Å². The molecule has 1 rings (SSSR count). The summed E-state index contributed by atoms with van der Waals surface area (Å²) in [4.78, 5) is 12.4. The van der Waals surface area contributed by atoms with Gasteiger partial charge in [-0.25, -0.2) is 0 Å². The van der Waals surface area contributed by atoms with Crippen molar-refractivity contribution in [3.05, 3.63) is 0 Å². The highest BCUT2D eigenvalue weighted by Gasteiger charge is 2.25. The van der Waals surface area contributed by atoms with Gasteiger partial charge in [-0.1, -0.05) is 13.3 Å². The van der Waals surface area contributed by atoms with Crippen molar-refractivity contribution < 1.29 is 9.90 Å². The Balaban J connectivity index is 1.98. The van der Waals surface area contributed by atoms with Crippen LogP contribution in [0.4, 0.5) is 0 Å². The lowest BCUT2D eigenvalue weighted by Gasteiger charge is -2.39. The molecule has 0 amide bonds. The molecule has 0 bridgehead atoms. The van der Waals surface area contributed by atoms with Gasteiger partial charge in [0.15, 0.2) is 0 Å². The van der Waals surface area contributed by atoms with Gasteiger partial charge in [0.2, 0.25) is 0 Å². The molecule has 70 valence electrons. The van der Waals surface area contributed by atoms with E-state index in [9.17, 15) is 4.79 Å². The molecular weight excluding hydrogens is 154 g/mol. The fourth-order valence-electron chi connectivity index (χ4n) is 1.70. The molecule has 3 heteroatoms. The first-order chi connectivity index (χ1) is 5.72. The second kappa shape index (κ2) is 4.45. The lowest BCUT2D eigenvalue weighted by Crippen LogP contribution is -2.47. The minimum Gasteiger partial charge on any atom is -0.481 e. The van der Waals surface area contributed by atoms with Gasteiger partial charge < -0.3 is 10.0 Å². The molecule has 0 radical (unpaired) electrons. The first-order valence-electron chi connectivity index (χ1n) is 4.66. The summed E-state index contributed by atoms with van der Waals surface area (Å²) < 4.78 is 0. The predicted octanol–water partition coefficient (Wildman–Crippen LogP) is 1.19. The van der Waals surface area contributed by atoms with Crippen LogP contribution in [0.25, 0.3) is 0 Å². The Kier molecular flexibility index (Phi) is 3.53. The van der Waals surface area contributed by atoms with E-state index in [1.54, 1.807) is 0 Å². The molecular formula is C9H17NO2. The van der Waals surface area contributed by atoms with Gasteiger partial charge in [-0.15, -0.1) is 0 Å². The number of hydrogen-bond acceptors (Lipinski definition) is 2. The Hall–Kier alpha value is -0.570. The maximum absolute atomic E-state index is 10.2. The average molecular weight is 171 g/mol. The van der Waals surface area contributed by atoms with E-state index in [1.807, 2.05) is 0 Å². The van der Waals surface area contributed by atoms with Gasteiger partial charge in [0, 0.05) is 19.6 Å². The summed E-state index contributed by atoms with van der Waals surface area (Å²) in [6.45, 7) is 5.15. The van der Waals surface area contributed by atoms with E-state index >= 15 is 0 Å². The molecule has 0 aromatic heterocycles. The third-order valence-corrected chi connectivity index (χ3v) is 2.37. The fourth-order valence-corrected chi connectivity index (χ4v) is 1.70. The zero-order valence-electron chi connectivity index (χ0n) is 7.62. The van der Waals surface area contributed by atoms with Crippen LogP contribution in [0, 0.1) is 5.92 Å². The summed E-state index contributed by atoms with van der Waals surface area (Å²) in [6.07, 6.45) is 2.83. The lowest BCUT2D eigenvalue weighted by atomic mass is 9.95. The molecule has 1 fully saturated rings. The van der Waals surface area contributed by atoms with Crippen molar-refractivity contribution in [2.45, 2.75) is 26.2 Å². The number of rotatable bonds is 5. The van der Waals surface area contributed by atoms with Crippen LogP contribution in [0.5, 0.6) is 0 Å². The van der Waals surface area contributed by atoms with Crippen LogP contribution in [-0.2, 0) is 4.79 Å². The number of carboxylic acids is 1. The van der Waals surface area contributed by atoms with Crippen molar-refractivity contribution in [1.29, 1.82) is 0 Å². The molecule has 0 aromatic rings. The second-order valence-electron chi connectivity index (χ2n) is 3.56. The van der Waals surface area contributed by atoms with Crippen LogP contribution in [0.3, 0.4) is 0 Å². The van der Waals surface area contributed by atoms with E-state index in [0.717, 1.165) is 25.6 Å². The normalized spacial score (nSPS) is 19.1. The van der Waals surface area contributed by atoms with Crippen LogP contribution >= 0.6 is 0 Å². The fraction of sp³-hybridized carbons (Fsp3) is 0.889. The molecule has 0 aromatic carbocycles. The topological polar surface area (TPSA) is 40.5 Å². The number of hydrogen-bond donors (Lipinski definition) is 1. The molecule has 0 aliphatic carbocycles. The van der Waals surface area contributed by atoms with E-state index in [-0.39, 0.29) is 0 Å². The zero-order chi connectivity index (χ0) is 8.97. The standard InChI is InChI=1S/C9H17NO2/c1-2-3-8-6-10(7-8)5-4-9(11)12/h8H,2-7H2,1H3,(H,11,12). The summed E-state index contributed by atoms with van der Waals surface area (Å²) >= 11 is 0. The largest absolute Gasteiger partial charge is 0.481 e. The predicted molar refractivity (Wildman–Crippen MR) is 47.1 cm³/mol. The minimum absolute atomic E-state index is 0.291. The summed E-state index contributed by atoms with van der Waals surface area (Å²) in [5.41, 5.74) is 0. The molecule has 0 saturated carbocycles. The highest BCUT2D eigenvalue weighted by molar-refractivity contribution is 5.66. The van der Waals surface area contributed by atoms with E-state index in [2.05, 4.69) is 11.8 Å².